The van der Waals surface area contributed by atoms with E-state index < -0.39 is 23.8 Å². The molecular formula is C20H25N3O5S. The van der Waals surface area contributed by atoms with Gasteiger partial charge in [-0.25, -0.2) is 14.6 Å². The number of anilines is 1. The number of benzene rings is 1. The molecule has 0 spiro atoms. The van der Waals surface area contributed by atoms with Crippen LogP contribution >= 0.6 is 11.3 Å². The molecular weight excluding hydrogens is 394 g/mol. The maximum Gasteiger partial charge on any atom is 0.360 e. The summed E-state index contributed by atoms with van der Waals surface area (Å²) < 4.78 is 4.90. The number of nitrogens with one attached hydrogen (secondary N) is 1. The minimum atomic E-state index is -1.31. The first-order chi connectivity index (χ1) is 13.6. The van der Waals surface area contributed by atoms with Crippen molar-refractivity contribution >= 4 is 34.1 Å². The first-order valence-electron chi connectivity index (χ1n) is 8.89. The van der Waals surface area contributed by atoms with E-state index in [4.69, 9.17) is 9.57 Å². The molecule has 1 atom stereocenters. The van der Waals surface area contributed by atoms with E-state index >= 15 is 0 Å². The molecule has 0 fully saturated rings. The molecule has 1 heterocycles. The van der Waals surface area contributed by atoms with E-state index in [0.29, 0.717) is 10.7 Å². The van der Waals surface area contributed by atoms with E-state index in [0.717, 1.165) is 27.8 Å². The van der Waals surface area contributed by atoms with Crippen LogP contribution in [0, 0.1) is 34.6 Å². The summed E-state index contributed by atoms with van der Waals surface area (Å²) in [4.78, 5) is 33.8. The fourth-order valence-corrected chi connectivity index (χ4v) is 3.70. The number of methoxy groups -OCH3 is 1. The molecule has 1 aromatic carbocycles. The smallest absolute Gasteiger partial charge is 0.360 e. The Morgan fingerprint density at radius 3 is 2.10 bits per heavy atom. The van der Waals surface area contributed by atoms with E-state index in [1.165, 1.54) is 18.4 Å². The molecule has 2 aromatic rings. The Bertz CT molecular complexity index is 952. The van der Waals surface area contributed by atoms with Crippen LogP contribution in [0.4, 0.5) is 5.13 Å². The molecule has 8 nitrogen and oxygen atoms in total. The number of hydrogen-bond donors (Lipinski definition) is 2. The third kappa shape index (κ3) is 4.40. The lowest BCUT2D eigenvalue weighted by molar-refractivity contribution is -0.155. The molecule has 0 aliphatic carbocycles. The number of esters is 1. The van der Waals surface area contributed by atoms with Crippen LogP contribution in [0.25, 0.3) is 0 Å². The van der Waals surface area contributed by atoms with Crippen molar-refractivity contribution in [2.24, 2.45) is 5.16 Å². The molecule has 0 radical (unpaired) electrons. The van der Waals surface area contributed by atoms with Gasteiger partial charge in [-0.2, -0.15) is 0 Å². The van der Waals surface area contributed by atoms with Crippen molar-refractivity contribution in [1.82, 2.24) is 4.98 Å². The Hall–Kier alpha value is -2.94. The van der Waals surface area contributed by atoms with Crippen LogP contribution in [0.2, 0.25) is 0 Å². The van der Waals surface area contributed by atoms with Gasteiger partial charge in [0.15, 0.2) is 5.13 Å². The van der Waals surface area contributed by atoms with Crippen LogP contribution < -0.4 is 5.32 Å². The van der Waals surface area contributed by atoms with Crippen LogP contribution in [0.5, 0.6) is 0 Å². The third-order valence-electron chi connectivity index (χ3n) is 5.15. The maximum absolute atomic E-state index is 12.5. The predicted molar refractivity (Wildman–Crippen MR) is 112 cm³/mol. The van der Waals surface area contributed by atoms with Crippen LogP contribution in [-0.2, 0) is 19.2 Å². The topological polar surface area (TPSA) is 110 Å². The number of rotatable bonds is 7. The van der Waals surface area contributed by atoms with Crippen LogP contribution in [0.1, 0.15) is 45.2 Å². The third-order valence-corrected chi connectivity index (χ3v) is 6.01. The van der Waals surface area contributed by atoms with E-state index in [1.54, 1.807) is 12.4 Å². The van der Waals surface area contributed by atoms with Crippen LogP contribution in [0.15, 0.2) is 10.5 Å². The molecule has 0 bridgehead atoms. The summed E-state index contributed by atoms with van der Waals surface area (Å²) in [5, 5.41) is 18.2. The lowest BCUT2D eigenvalue weighted by atomic mass is 9.87. The molecule has 156 valence electrons. The summed E-state index contributed by atoms with van der Waals surface area (Å²) in [5.41, 5.74) is 5.30. The second-order valence-corrected chi connectivity index (χ2v) is 7.44. The fraction of sp³-hybridized carbons (Fsp3) is 0.400. The molecule has 0 saturated heterocycles. The predicted octanol–water partition coefficient (Wildman–Crippen LogP) is 3.45. The molecule has 0 amide bonds. The second-order valence-electron chi connectivity index (χ2n) is 6.58. The first-order valence-corrected chi connectivity index (χ1v) is 9.77. The average Bonchev–Trinajstić information content (AvgIpc) is 3.17. The summed E-state index contributed by atoms with van der Waals surface area (Å²) in [5.74, 6) is -1.98. The second kappa shape index (κ2) is 9.04. The van der Waals surface area contributed by atoms with Gasteiger partial charge in [0.2, 0.25) is 11.8 Å². The number of thiazole rings is 1. The number of carbonyl (C=O) groups excluding carboxylic acids is 1. The normalized spacial score (nSPS) is 12.4. The molecule has 0 aliphatic heterocycles. The molecule has 1 unspecified atom stereocenters. The van der Waals surface area contributed by atoms with Crippen molar-refractivity contribution < 1.29 is 24.3 Å². The van der Waals surface area contributed by atoms with Crippen molar-refractivity contribution in [1.29, 1.82) is 0 Å². The highest BCUT2D eigenvalue weighted by Gasteiger charge is 2.30. The number of carboxylic acids is 1. The number of nitrogens with zero attached hydrogens (tertiary/aromatic N) is 2. The number of ether oxygens (including phenoxy) is 1. The highest BCUT2D eigenvalue weighted by molar-refractivity contribution is 7.14. The maximum atomic E-state index is 12.5. The van der Waals surface area contributed by atoms with Gasteiger partial charge in [-0.1, -0.05) is 5.16 Å². The number of aromatic nitrogens is 1. The molecule has 2 N–H and O–H groups in total. The van der Waals surface area contributed by atoms with Gasteiger partial charge >= 0.3 is 11.9 Å². The largest absolute Gasteiger partial charge is 0.476 e. The van der Waals surface area contributed by atoms with E-state index in [-0.39, 0.29) is 5.69 Å². The molecule has 9 heteroatoms. The van der Waals surface area contributed by atoms with Gasteiger partial charge in [0.05, 0.1) is 7.11 Å². The number of carbonyl (C=O) groups is 2. The summed E-state index contributed by atoms with van der Waals surface area (Å²) in [6.07, 6.45) is -1.20. The first kappa shape index (κ1) is 22.4. The van der Waals surface area contributed by atoms with Gasteiger partial charge in [0.1, 0.15) is 5.69 Å². The average molecular weight is 420 g/mol. The zero-order chi connectivity index (χ0) is 21.9. The van der Waals surface area contributed by atoms with Gasteiger partial charge in [-0.3, -0.25) is 0 Å². The van der Waals surface area contributed by atoms with Gasteiger partial charge in [-0.15, -0.1) is 11.3 Å². The minimum Gasteiger partial charge on any atom is -0.476 e. The quantitative estimate of drug-likeness (QED) is 0.402. The fourth-order valence-electron chi connectivity index (χ4n) is 3.04. The number of hydrogen-bond acceptors (Lipinski definition) is 8. The van der Waals surface area contributed by atoms with Crippen molar-refractivity contribution in [3.05, 3.63) is 44.5 Å². The number of oxime groups is 1. The van der Waals surface area contributed by atoms with Crippen molar-refractivity contribution in [2.75, 3.05) is 19.5 Å². The van der Waals surface area contributed by atoms with E-state index in [2.05, 4.69) is 15.5 Å². The molecule has 0 aliphatic rings. The SMILES string of the molecule is CNc1nc(/C(=N/OC(C(=O)OC)c2c(C)c(C)c(C)c(C)c2C)C(=O)O)cs1. The van der Waals surface area contributed by atoms with E-state index in [1.807, 2.05) is 34.6 Å². The van der Waals surface area contributed by atoms with Gasteiger partial charge < -0.3 is 20.0 Å². The summed E-state index contributed by atoms with van der Waals surface area (Å²) in [6.45, 7) is 9.74. The van der Waals surface area contributed by atoms with Crippen LogP contribution in [-0.4, -0.2) is 41.9 Å². The van der Waals surface area contributed by atoms with Gasteiger partial charge in [0.25, 0.3) is 0 Å². The van der Waals surface area contributed by atoms with Crippen molar-refractivity contribution in [2.45, 2.75) is 40.7 Å². The summed E-state index contributed by atoms with van der Waals surface area (Å²) in [6, 6.07) is 0. The molecule has 29 heavy (non-hydrogen) atoms. The highest BCUT2D eigenvalue weighted by atomic mass is 32.1. The lowest BCUT2D eigenvalue weighted by Crippen LogP contribution is -2.22. The van der Waals surface area contributed by atoms with Gasteiger partial charge in [0, 0.05) is 18.0 Å². The zero-order valence-corrected chi connectivity index (χ0v) is 18.4. The summed E-state index contributed by atoms with van der Waals surface area (Å²) in [7, 11) is 2.93. The number of carboxylic acid groups (broad SMARTS) is 1. The Labute approximate surface area is 173 Å². The van der Waals surface area contributed by atoms with E-state index in [9.17, 15) is 14.7 Å². The summed E-state index contributed by atoms with van der Waals surface area (Å²) >= 11 is 1.23. The van der Waals surface area contributed by atoms with Crippen molar-refractivity contribution in [3.8, 4) is 0 Å². The van der Waals surface area contributed by atoms with Crippen LogP contribution in [0.3, 0.4) is 0 Å². The molecule has 0 saturated carbocycles. The molecule has 1 aromatic heterocycles. The highest BCUT2D eigenvalue weighted by Crippen LogP contribution is 2.33. The Kier molecular flexibility index (Phi) is 6.97. The van der Waals surface area contributed by atoms with Crippen molar-refractivity contribution in [3.63, 3.8) is 0 Å². The zero-order valence-electron chi connectivity index (χ0n) is 17.5. The van der Waals surface area contributed by atoms with Gasteiger partial charge in [-0.05, 0) is 62.4 Å². The Morgan fingerprint density at radius 1 is 1.10 bits per heavy atom. The molecule has 2 rings (SSSR count). The number of aliphatic carboxylic acids is 1. The minimum absolute atomic E-state index is 0.139. The lowest BCUT2D eigenvalue weighted by Gasteiger charge is -2.23. The Morgan fingerprint density at radius 2 is 1.66 bits per heavy atom. The Balaban J connectivity index is 2.56. The standard InChI is InChI=1S/C20H25N3O5S/c1-9-10(2)12(4)15(13(5)11(9)3)17(19(26)27-7)28-23-16(18(24)25)14-8-29-20(21-6)22-14/h8,17H,1-7H3,(H,21,22)(H,24,25)/b23-16-. The monoisotopic (exact) mass is 419 g/mol.